The number of amides is 1. The SMILES string of the molecule is C[C@@H](NC(=O)CN(Cc1ccccc1F)S(=O)(=O)c1ccc(Cl)cc1)c1ccc(F)cc1. The van der Waals surface area contributed by atoms with Gasteiger partial charge in [0.05, 0.1) is 17.5 Å². The highest BCUT2D eigenvalue weighted by Crippen LogP contribution is 2.22. The Labute approximate surface area is 190 Å². The van der Waals surface area contributed by atoms with Gasteiger partial charge in [0, 0.05) is 17.1 Å². The largest absolute Gasteiger partial charge is 0.348 e. The van der Waals surface area contributed by atoms with E-state index in [-0.39, 0.29) is 17.0 Å². The predicted molar refractivity (Wildman–Crippen MR) is 118 cm³/mol. The zero-order chi connectivity index (χ0) is 23.3. The lowest BCUT2D eigenvalue weighted by Gasteiger charge is -2.23. The van der Waals surface area contributed by atoms with Gasteiger partial charge in [-0.3, -0.25) is 4.79 Å². The van der Waals surface area contributed by atoms with Crippen molar-refractivity contribution >= 4 is 27.5 Å². The Hall–Kier alpha value is -2.81. The van der Waals surface area contributed by atoms with Crippen molar-refractivity contribution in [2.45, 2.75) is 24.4 Å². The van der Waals surface area contributed by atoms with Crippen molar-refractivity contribution in [1.82, 2.24) is 9.62 Å². The molecular weight excluding hydrogens is 458 g/mol. The summed E-state index contributed by atoms with van der Waals surface area (Å²) in [4.78, 5) is 12.6. The van der Waals surface area contributed by atoms with E-state index < -0.39 is 40.2 Å². The summed E-state index contributed by atoms with van der Waals surface area (Å²) in [5.41, 5.74) is 0.783. The molecule has 3 aromatic carbocycles. The van der Waals surface area contributed by atoms with Crippen LogP contribution in [-0.2, 0) is 21.4 Å². The lowest BCUT2D eigenvalue weighted by Crippen LogP contribution is -2.41. The maximum Gasteiger partial charge on any atom is 0.243 e. The Bertz CT molecular complexity index is 1190. The van der Waals surface area contributed by atoms with Crippen molar-refractivity contribution in [3.05, 3.63) is 101 Å². The first-order valence-corrected chi connectivity index (χ1v) is 11.5. The van der Waals surface area contributed by atoms with E-state index in [1.807, 2.05) is 0 Å². The predicted octanol–water partition coefficient (Wildman–Crippen LogP) is 4.69. The molecule has 0 spiro atoms. The fourth-order valence-electron chi connectivity index (χ4n) is 3.08. The average molecular weight is 479 g/mol. The maximum atomic E-state index is 14.2. The van der Waals surface area contributed by atoms with E-state index in [2.05, 4.69) is 5.32 Å². The van der Waals surface area contributed by atoms with Crippen LogP contribution in [0.1, 0.15) is 24.1 Å². The fourth-order valence-corrected chi connectivity index (χ4v) is 4.58. The number of carbonyl (C=O) groups excluding carboxylic acids is 1. The van der Waals surface area contributed by atoms with Gasteiger partial charge in [0.1, 0.15) is 11.6 Å². The van der Waals surface area contributed by atoms with Crippen LogP contribution in [0, 0.1) is 11.6 Å². The van der Waals surface area contributed by atoms with Gasteiger partial charge in [-0.2, -0.15) is 4.31 Å². The molecule has 0 saturated carbocycles. The van der Waals surface area contributed by atoms with Gasteiger partial charge >= 0.3 is 0 Å². The fraction of sp³-hybridized carbons (Fsp3) is 0.174. The molecule has 5 nitrogen and oxygen atoms in total. The van der Waals surface area contributed by atoms with Crippen LogP contribution in [0.25, 0.3) is 0 Å². The molecule has 32 heavy (non-hydrogen) atoms. The molecule has 3 rings (SSSR count). The molecule has 0 radical (unpaired) electrons. The molecule has 168 valence electrons. The summed E-state index contributed by atoms with van der Waals surface area (Å²) >= 11 is 5.86. The number of rotatable bonds is 8. The van der Waals surface area contributed by atoms with E-state index in [0.717, 1.165) is 4.31 Å². The third-order valence-electron chi connectivity index (χ3n) is 4.82. The second-order valence-electron chi connectivity index (χ2n) is 7.16. The average Bonchev–Trinajstić information content (AvgIpc) is 2.75. The van der Waals surface area contributed by atoms with Crippen molar-refractivity contribution in [3.63, 3.8) is 0 Å². The molecule has 0 saturated heterocycles. The number of benzene rings is 3. The lowest BCUT2D eigenvalue weighted by atomic mass is 10.1. The number of nitrogens with one attached hydrogen (secondary N) is 1. The standard InChI is InChI=1S/C23H21ClF2N2O3S/c1-16(17-6-10-20(25)11-7-17)27-23(29)15-28(14-18-4-2-3-5-22(18)26)32(30,31)21-12-8-19(24)9-13-21/h2-13,16H,14-15H2,1H3,(H,27,29)/t16-/m1/s1. The van der Waals surface area contributed by atoms with Crippen LogP contribution in [-0.4, -0.2) is 25.2 Å². The van der Waals surface area contributed by atoms with Gasteiger partial charge in [0.15, 0.2) is 0 Å². The van der Waals surface area contributed by atoms with Crippen molar-refractivity contribution in [1.29, 1.82) is 0 Å². The minimum absolute atomic E-state index is 0.0716. The Morgan fingerprint density at radius 3 is 2.25 bits per heavy atom. The number of carbonyl (C=O) groups is 1. The van der Waals surface area contributed by atoms with Gasteiger partial charge in [0.2, 0.25) is 15.9 Å². The molecule has 0 aromatic heterocycles. The van der Waals surface area contributed by atoms with E-state index >= 15 is 0 Å². The van der Waals surface area contributed by atoms with Crippen molar-refractivity contribution in [2.24, 2.45) is 0 Å². The van der Waals surface area contributed by atoms with Crippen LogP contribution >= 0.6 is 11.6 Å². The molecule has 1 N–H and O–H groups in total. The highest BCUT2D eigenvalue weighted by molar-refractivity contribution is 7.89. The minimum Gasteiger partial charge on any atom is -0.348 e. The Morgan fingerprint density at radius 2 is 1.62 bits per heavy atom. The second-order valence-corrected chi connectivity index (χ2v) is 9.53. The summed E-state index contributed by atoms with van der Waals surface area (Å²) < 4.78 is 54.7. The highest BCUT2D eigenvalue weighted by atomic mass is 35.5. The van der Waals surface area contributed by atoms with Gasteiger partial charge in [-0.15, -0.1) is 0 Å². The Kier molecular flexibility index (Phi) is 7.60. The van der Waals surface area contributed by atoms with Gasteiger partial charge in [0.25, 0.3) is 0 Å². The summed E-state index contributed by atoms with van der Waals surface area (Å²) in [6, 6.07) is 16.4. The molecule has 0 aliphatic rings. The summed E-state index contributed by atoms with van der Waals surface area (Å²) in [5, 5.41) is 3.05. The van der Waals surface area contributed by atoms with Crippen LogP contribution in [0.3, 0.4) is 0 Å². The van der Waals surface area contributed by atoms with E-state index in [4.69, 9.17) is 11.6 Å². The first-order chi connectivity index (χ1) is 15.2. The summed E-state index contributed by atoms with van der Waals surface area (Å²) in [6.07, 6.45) is 0. The first kappa shape index (κ1) is 23.8. The molecule has 0 bridgehead atoms. The van der Waals surface area contributed by atoms with Gasteiger partial charge in [-0.05, 0) is 55.0 Å². The summed E-state index contributed by atoms with van der Waals surface area (Å²) in [7, 11) is -4.14. The topological polar surface area (TPSA) is 66.5 Å². The Balaban J connectivity index is 1.84. The van der Waals surface area contributed by atoms with Crippen molar-refractivity contribution in [3.8, 4) is 0 Å². The van der Waals surface area contributed by atoms with Crippen LogP contribution in [0.5, 0.6) is 0 Å². The van der Waals surface area contributed by atoms with Crippen LogP contribution in [0.15, 0.2) is 77.7 Å². The molecule has 9 heteroatoms. The van der Waals surface area contributed by atoms with E-state index in [1.54, 1.807) is 13.0 Å². The maximum absolute atomic E-state index is 14.2. The van der Waals surface area contributed by atoms with E-state index in [9.17, 15) is 22.0 Å². The summed E-state index contributed by atoms with van der Waals surface area (Å²) in [5.74, 6) is -1.57. The number of nitrogens with zero attached hydrogens (tertiary/aromatic N) is 1. The molecular formula is C23H21ClF2N2O3S. The van der Waals surface area contributed by atoms with Crippen molar-refractivity contribution < 1.29 is 22.0 Å². The molecule has 1 amide bonds. The molecule has 0 heterocycles. The molecule has 3 aromatic rings. The van der Waals surface area contributed by atoms with Gasteiger partial charge in [-0.1, -0.05) is 41.9 Å². The molecule has 1 atom stereocenters. The molecule has 0 fully saturated rings. The second kappa shape index (κ2) is 10.2. The van der Waals surface area contributed by atoms with Crippen molar-refractivity contribution in [2.75, 3.05) is 6.54 Å². The quantitative estimate of drug-likeness (QED) is 0.511. The molecule has 0 unspecified atom stereocenters. The van der Waals surface area contributed by atoms with E-state index in [0.29, 0.717) is 10.6 Å². The monoisotopic (exact) mass is 478 g/mol. The van der Waals surface area contributed by atoms with Crippen LogP contribution in [0.4, 0.5) is 8.78 Å². The number of hydrogen-bond acceptors (Lipinski definition) is 3. The van der Waals surface area contributed by atoms with Crippen LogP contribution < -0.4 is 5.32 Å². The zero-order valence-corrected chi connectivity index (χ0v) is 18.7. The minimum atomic E-state index is -4.14. The third-order valence-corrected chi connectivity index (χ3v) is 6.88. The number of hydrogen-bond donors (Lipinski definition) is 1. The summed E-state index contributed by atoms with van der Waals surface area (Å²) in [6.45, 7) is 0.820. The van der Waals surface area contributed by atoms with E-state index in [1.165, 1.54) is 66.7 Å². The normalized spacial score (nSPS) is 12.5. The number of sulfonamides is 1. The van der Waals surface area contributed by atoms with Crippen LogP contribution in [0.2, 0.25) is 5.02 Å². The highest BCUT2D eigenvalue weighted by Gasteiger charge is 2.28. The van der Waals surface area contributed by atoms with Gasteiger partial charge < -0.3 is 5.32 Å². The molecule has 0 aliphatic carbocycles. The Morgan fingerprint density at radius 1 is 1.00 bits per heavy atom. The third kappa shape index (κ3) is 5.91. The molecule has 0 aliphatic heterocycles. The zero-order valence-electron chi connectivity index (χ0n) is 17.1. The first-order valence-electron chi connectivity index (χ1n) is 9.71. The number of halogens is 3. The van der Waals surface area contributed by atoms with Gasteiger partial charge in [-0.25, -0.2) is 17.2 Å². The lowest BCUT2D eigenvalue weighted by molar-refractivity contribution is -0.122. The smallest absolute Gasteiger partial charge is 0.243 e.